The Balaban J connectivity index is 1.91. The predicted molar refractivity (Wildman–Crippen MR) is 108 cm³/mol. The minimum atomic E-state index is -1.24. The van der Waals surface area contributed by atoms with Crippen LogP contribution in [0.25, 0.3) is 0 Å². The summed E-state index contributed by atoms with van der Waals surface area (Å²) in [5.74, 6) is -1.09. The molecule has 0 aliphatic carbocycles. The molecule has 0 saturated carbocycles. The van der Waals surface area contributed by atoms with Gasteiger partial charge in [-0.3, -0.25) is 19.3 Å². The minimum Gasteiger partial charge on any atom is -0.355 e. The second-order valence-electron chi connectivity index (χ2n) is 7.19. The highest BCUT2D eigenvalue weighted by Crippen LogP contribution is 2.33. The molecule has 1 atom stereocenters. The Morgan fingerprint density at radius 1 is 1.14 bits per heavy atom. The topological polar surface area (TPSA) is 99.3 Å². The first-order valence-electron chi connectivity index (χ1n) is 9.25. The number of carbonyl (C=O) groups excluding carboxylic acids is 4. The molecular formula is C21H22ClN3O4. The van der Waals surface area contributed by atoms with E-state index in [2.05, 4.69) is 10.3 Å². The Bertz CT molecular complexity index is 1030. The maximum atomic E-state index is 13.2. The van der Waals surface area contributed by atoms with Gasteiger partial charge in [-0.25, -0.2) is 4.79 Å². The van der Waals surface area contributed by atoms with Crippen LogP contribution in [0.1, 0.15) is 57.9 Å². The van der Waals surface area contributed by atoms with Gasteiger partial charge in [-0.15, -0.1) is 0 Å². The van der Waals surface area contributed by atoms with Crippen molar-refractivity contribution in [3.05, 3.63) is 57.4 Å². The van der Waals surface area contributed by atoms with E-state index in [1.54, 1.807) is 45.0 Å². The van der Waals surface area contributed by atoms with Gasteiger partial charge in [0.15, 0.2) is 11.6 Å². The van der Waals surface area contributed by atoms with Crippen LogP contribution in [0.5, 0.6) is 0 Å². The van der Waals surface area contributed by atoms with Crippen molar-refractivity contribution in [1.82, 2.24) is 15.2 Å². The number of aromatic amines is 1. The second-order valence-corrected chi connectivity index (χ2v) is 7.63. The highest BCUT2D eigenvalue weighted by Gasteiger charge is 2.51. The standard InChI is InChI=1S/C21H22ClN3O4/c1-5-21(14-6-8-15(22)9-7-14)19(28)25(20(29)24-21)10-16(27)18-11(2)17(13(4)26)12(3)23-18/h6-9,23H,5,10H2,1-4H3,(H,24,29). The number of halogens is 1. The summed E-state index contributed by atoms with van der Waals surface area (Å²) in [7, 11) is 0. The number of carbonyl (C=O) groups is 4. The number of aryl methyl sites for hydroxylation is 1. The van der Waals surface area contributed by atoms with Crippen LogP contribution in [-0.4, -0.2) is 39.9 Å². The van der Waals surface area contributed by atoms with Gasteiger partial charge in [-0.1, -0.05) is 30.7 Å². The zero-order chi connectivity index (χ0) is 21.5. The Hall–Kier alpha value is -2.93. The van der Waals surface area contributed by atoms with Gasteiger partial charge in [0.1, 0.15) is 5.54 Å². The van der Waals surface area contributed by atoms with Crippen molar-refractivity contribution < 1.29 is 19.2 Å². The smallest absolute Gasteiger partial charge is 0.325 e. The van der Waals surface area contributed by atoms with E-state index in [1.165, 1.54) is 6.92 Å². The molecule has 1 saturated heterocycles. The number of imide groups is 1. The number of hydrogen-bond donors (Lipinski definition) is 2. The Kier molecular flexibility index (Phi) is 5.36. The third-order valence-corrected chi connectivity index (χ3v) is 5.67. The van der Waals surface area contributed by atoms with Crippen LogP contribution in [0, 0.1) is 13.8 Å². The molecule has 1 aromatic carbocycles. The van der Waals surface area contributed by atoms with Crippen molar-refractivity contribution in [2.45, 2.75) is 39.7 Å². The van der Waals surface area contributed by atoms with Crippen LogP contribution in [0.2, 0.25) is 5.02 Å². The summed E-state index contributed by atoms with van der Waals surface area (Å²) in [5.41, 5.74) is 1.14. The highest BCUT2D eigenvalue weighted by atomic mass is 35.5. The van der Waals surface area contributed by atoms with Gasteiger partial charge in [-0.05, 0) is 50.5 Å². The number of rotatable bonds is 6. The first-order chi connectivity index (χ1) is 13.6. The van der Waals surface area contributed by atoms with Crippen LogP contribution >= 0.6 is 11.6 Å². The van der Waals surface area contributed by atoms with E-state index in [0.717, 1.165) is 4.90 Å². The van der Waals surface area contributed by atoms with Gasteiger partial charge in [0, 0.05) is 16.3 Å². The average molecular weight is 416 g/mol. The molecule has 1 aliphatic heterocycles. The number of H-pyrrole nitrogens is 1. The van der Waals surface area contributed by atoms with E-state index in [0.29, 0.717) is 33.8 Å². The van der Waals surface area contributed by atoms with Crippen molar-refractivity contribution in [3.8, 4) is 0 Å². The fourth-order valence-electron chi connectivity index (χ4n) is 3.92. The van der Waals surface area contributed by atoms with Gasteiger partial charge in [0.2, 0.25) is 0 Å². The summed E-state index contributed by atoms with van der Waals surface area (Å²) >= 11 is 5.93. The average Bonchev–Trinajstić information content (AvgIpc) is 3.10. The highest BCUT2D eigenvalue weighted by molar-refractivity contribution is 6.30. The van der Waals surface area contributed by atoms with Crippen molar-refractivity contribution >= 4 is 35.1 Å². The molecule has 2 aromatic rings. The van der Waals surface area contributed by atoms with E-state index in [4.69, 9.17) is 11.6 Å². The summed E-state index contributed by atoms with van der Waals surface area (Å²) in [6.45, 7) is 6.17. The lowest BCUT2D eigenvalue weighted by Crippen LogP contribution is -2.43. The molecule has 2 N–H and O–H groups in total. The van der Waals surface area contributed by atoms with Crippen LogP contribution in [-0.2, 0) is 10.3 Å². The van der Waals surface area contributed by atoms with Gasteiger partial charge >= 0.3 is 6.03 Å². The van der Waals surface area contributed by atoms with Crippen LogP contribution < -0.4 is 5.32 Å². The lowest BCUT2D eigenvalue weighted by molar-refractivity contribution is -0.131. The van der Waals surface area contributed by atoms with Crippen LogP contribution in [0.4, 0.5) is 4.79 Å². The third kappa shape index (κ3) is 3.35. The first-order valence-corrected chi connectivity index (χ1v) is 9.63. The molecule has 1 fully saturated rings. The maximum Gasteiger partial charge on any atom is 0.325 e. The van der Waals surface area contributed by atoms with Crippen LogP contribution in [0.15, 0.2) is 24.3 Å². The van der Waals surface area contributed by atoms with Gasteiger partial charge in [0.25, 0.3) is 5.91 Å². The van der Waals surface area contributed by atoms with Crippen molar-refractivity contribution in [1.29, 1.82) is 0 Å². The molecule has 1 aromatic heterocycles. The number of aromatic nitrogens is 1. The largest absolute Gasteiger partial charge is 0.355 e. The fourth-order valence-corrected chi connectivity index (χ4v) is 4.05. The first kappa shape index (κ1) is 20.8. The van der Waals surface area contributed by atoms with E-state index in [1.807, 2.05) is 0 Å². The Morgan fingerprint density at radius 2 is 1.76 bits per heavy atom. The summed E-state index contributed by atoms with van der Waals surface area (Å²) in [6.07, 6.45) is 0.318. The quantitative estimate of drug-likeness (QED) is 0.556. The summed E-state index contributed by atoms with van der Waals surface area (Å²) in [4.78, 5) is 54.3. The second kappa shape index (κ2) is 7.48. The zero-order valence-electron chi connectivity index (χ0n) is 16.7. The molecule has 2 heterocycles. The van der Waals surface area contributed by atoms with E-state index in [9.17, 15) is 19.2 Å². The summed E-state index contributed by atoms with van der Waals surface area (Å²) in [6, 6.07) is 6.04. The molecule has 8 heteroatoms. The minimum absolute atomic E-state index is 0.155. The molecule has 7 nitrogen and oxygen atoms in total. The Morgan fingerprint density at radius 3 is 2.28 bits per heavy atom. The number of ketones is 2. The van der Waals surface area contributed by atoms with E-state index < -0.39 is 29.8 Å². The van der Waals surface area contributed by atoms with Gasteiger partial charge in [-0.2, -0.15) is 0 Å². The lowest BCUT2D eigenvalue weighted by atomic mass is 9.87. The van der Waals surface area contributed by atoms with Crippen molar-refractivity contribution in [2.75, 3.05) is 6.54 Å². The molecule has 3 amide bonds. The normalized spacial score (nSPS) is 18.9. The van der Waals surface area contributed by atoms with Crippen molar-refractivity contribution in [3.63, 3.8) is 0 Å². The van der Waals surface area contributed by atoms with Crippen molar-refractivity contribution in [2.24, 2.45) is 0 Å². The van der Waals surface area contributed by atoms with E-state index in [-0.39, 0.29) is 11.5 Å². The summed E-state index contributed by atoms with van der Waals surface area (Å²) < 4.78 is 0. The molecule has 3 rings (SSSR count). The monoisotopic (exact) mass is 415 g/mol. The van der Waals surface area contributed by atoms with E-state index >= 15 is 0 Å². The van der Waals surface area contributed by atoms with Crippen LogP contribution in [0.3, 0.4) is 0 Å². The Labute approximate surface area is 173 Å². The lowest BCUT2D eigenvalue weighted by Gasteiger charge is -2.25. The number of hydrogen-bond acceptors (Lipinski definition) is 4. The zero-order valence-corrected chi connectivity index (χ0v) is 17.4. The number of nitrogens with one attached hydrogen (secondary N) is 2. The molecule has 0 bridgehead atoms. The molecule has 1 unspecified atom stereocenters. The van der Waals surface area contributed by atoms with Gasteiger partial charge < -0.3 is 10.3 Å². The number of nitrogens with zero attached hydrogens (tertiary/aromatic N) is 1. The fraction of sp³-hybridized carbons (Fsp3) is 0.333. The molecule has 29 heavy (non-hydrogen) atoms. The molecule has 0 spiro atoms. The predicted octanol–water partition coefficient (Wildman–Crippen LogP) is 3.53. The molecule has 1 aliphatic rings. The number of amides is 3. The molecule has 152 valence electrons. The third-order valence-electron chi connectivity index (χ3n) is 5.41. The molecular weight excluding hydrogens is 394 g/mol. The van der Waals surface area contributed by atoms with Gasteiger partial charge in [0.05, 0.1) is 12.2 Å². The summed E-state index contributed by atoms with van der Waals surface area (Å²) in [5, 5.41) is 3.25. The number of benzene rings is 1. The SMILES string of the molecule is CCC1(c2ccc(Cl)cc2)NC(=O)N(CC(=O)c2[nH]c(C)c(C(C)=O)c2C)C1=O. The maximum absolute atomic E-state index is 13.2. The number of urea groups is 1. The number of Topliss-reactive ketones (excluding diaryl/α,β-unsaturated/α-hetero) is 2. The molecule has 0 radical (unpaired) electrons.